The summed E-state index contributed by atoms with van der Waals surface area (Å²) in [6, 6.07) is 0. The van der Waals surface area contributed by atoms with E-state index in [0.717, 1.165) is 49.7 Å². The highest BCUT2D eigenvalue weighted by molar-refractivity contribution is 7.52. The van der Waals surface area contributed by atoms with E-state index in [1.54, 1.807) is 0 Å². The molecule has 0 aliphatic carbocycles. The van der Waals surface area contributed by atoms with Crippen LogP contribution in [0.2, 0.25) is 0 Å². The molecule has 312 valence electrons. The Morgan fingerprint density at radius 1 is 0.635 bits per heavy atom. The minimum absolute atomic E-state index is 0.222. The SMILES string of the molecule is CCCCCCCCCCCCCC(=O)OC[C@H](COP(=O)(O)CCO)OC(=O)CCCCCCCCCCCCC.CC[N+](C)(C)CCC(O)O. The second-order valence-electron chi connectivity index (χ2n) is 15.0. The van der Waals surface area contributed by atoms with E-state index in [-0.39, 0.29) is 25.6 Å². The summed E-state index contributed by atoms with van der Waals surface area (Å²) in [5, 5.41) is 26.1. The molecule has 0 fully saturated rings. The van der Waals surface area contributed by atoms with Gasteiger partial charge in [-0.05, 0) is 19.8 Å². The van der Waals surface area contributed by atoms with Gasteiger partial charge in [-0.1, -0.05) is 142 Å². The third-order valence-electron chi connectivity index (χ3n) is 9.39. The molecule has 0 radical (unpaired) electrons. The van der Waals surface area contributed by atoms with E-state index in [9.17, 15) is 19.0 Å². The average molecular weight is 769 g/mol. The summed E-state index contributed by atoms with van der Waals surface area (Å²) in [6.07, 6.45) is 24.6. The Labute approximate surface area is 318 Å². The van der Waals surface area contributed by atoms with E-state index in [0.29, 0.717) is 19.3 Å². The molecular weight excluding hydrogens is 685 g/mol. The number of ether oxygens (including phenoxy) is 2. The number of hydrogen-bond acceptors (Lipinski definition) is 9. The zero-order valence-electron chi connectivity index (χ0n) is 34.2. The lowest BCUT2D eigenvalue weighted by Gasteiger charge is -2.28. The average Bonchev–Trinajstić information content (AvgIpc) is 3.10. The molecule has 0 aromatic rings. The predicted molar refractivity (Wildman–Crippen MR) is 211 cm³/mol. The second-order valence-corrected chi connectivity index (χ2v) is 17.0. The molecule has 0 heterocycles. The van der Waals surface area contributed by atoms with Crippen molar-refractivity contribution < 1.29 is 52.8 Å². The first-order valence-electron chi connectivity index (χ1n) is 20.9. The fraction of sp³-hybridized carbons (Fsp3) is 0.950. The van der Waals surface area contributed by atoms with Gasteiger partial charge in [0.25, 0.3) is 0 Å². The van der Waals surface area contributed by atoms with E-state index >= 15 is 0 Å². The van der Waals surface area contributed by atoms with Crippen molar-refractivity contribution in [2.24, 2.45) is 0 Å². The highest BCUT2D eigenvalue weighted by Gasteiger charge is 2.24. The van der Waals surface area contributed by atoms with Crippen molar-refractivity contribution in [3.63, 3.8) is 0 Å². The number of unbranched alkanes of at least 4 members (excludes halogenated alkanes) is 20. The molecule has 0 aliphatic rings. The number of quaternary nitrogens is 1. The monoisotopic (exact) mass is 769 g/mol. The van der Waals surface area contributed by atoms with Crippen LogP contribution >= 0.6 is 7.60 Å². The van der Waals surface area contributed by atoms with Crippen molar-refractivity contribution in [3.05, 3.63) is 0 Å². The molecule has 0 rings (SSSR count). The van der Waals surface area contributed by atoms with Gasteiger partial charge in [0.15, 0.2) is 12.4 Å². The number of nitrogens with zero attached hydrogens (tertiary/aromatic N) is 1. The van der Waals surface area contributed by atoms with E-state index in [2.05, 4.69) is 34.9 Å². The van der Waals surface area contributed by atoms with Gasteiger partial charge in [0.2, 0.25) is 0 Å². The van der Waals surface area contributed by atoms with Crippen molar-refractivity contribution in [3.8, 4) is 0 Å². The molecule has 11 nitrogen and oxygen atoms in total. The topological polar surface area (TPSA) is 160 Å². The van der Waals surface area contributed by atoms with Gasteiger partial charge in [0.05, 0.1) is 46.6 Å². The number of aliphatic hydroxyl groups excluding tert-OH is 2. The molecule has 0 bridgehead atoms. The molecule has 0 amide bonds. The summed E-state index contributed by atoms with van der Waals surface area (Å²) in [7, 11) is 0.135. The molecule has 0 spiro atoms. The molecule has 1 unspecified atom stereocenters. The lowest BCUT2D eigenvalue weighted by Crippen LogP contribution is -2.41. The lowest BCUT2D eigenvalue weighted by molar-refractivity contribution is -0.889. The van der Waals surface area contributed by atoms with E-state index in [1.807, 2.05) is 0 Å². The van der Waals surface area contributed by atoms with Crippen molar-refractivity contribution in [2.45, 2.75) is 194 Å². The van der Waals surface area contributed by atoms with E-state index in [1.165, 1.54) is 103 Å². The quantitative estimate of drug-likeness (QED) is 0.0159. The standard InChI is InChI=1S/C33H65O8P.C7H18NO2/c1-3-5-7-9-11-13-15-17-19-21-23-25-32(35)39-29-31(30-40-42(37,38)28-27-34)41-33(36)26-24-22-20-18-16-14-12-10-8-6-4-2;1-4-8(2,3)6-5-7(9)10/h31,34H,3-30H2,1-2H3,(H,37,38);7,9-10H,4-6H2,1-3H3/q;+1/t31-;/m1./s1. The van der Waals surface area contributed by atoms with Crippen LogP contribution in [0.4, 0.5) is 0 Å². The first kappa shape index (κ1) is 53.0. The molecule has 0 aromatic carbocycles. The number of rotatable bonds is 36. The fourth-order valence-electron chi connectivity index (χ4n) is 5.50. The Kier molecular flexibility index (Phi) is 37.6. The zero-order valence-corrected chi connectivity index (χ0v) is 35.1. The Balaban J connectivity index is 0. The number of carbonyl (C=O) groups is 2. The van der Waals surface area contributed by atoms with Crippen LogP contribution in [-0.4, -0.2) is 102 Å². The van der Waals surface area contributed by atoms with Gasteiger partial charge in [-0.3, -0.25) is 14.2 Å². The van der Waals surface area contributed by atoms with Crippen LogP contribution in [0.3, 0.4) is 0 Å². The Bertz CT molecular complexity index is 858. The van der Waals surface area contributed by atoms with Gasteiger partial charge < -0.3 is 38.7 Å². The number of carbonyl (C=O) groups excluding carboxylic acids is 2. The smallest absolute Gasteiger partial charge is 0.330 e. The summed E-state index contributed by atoms with van der Waals surface area (Å²) in [6.45, 7) is 7.29. The van der Waals surface area contributed by atoms with Crippen molar-refractivity contribution in [1.29, 1.82) is 0 Å². The maximum Gasteiger partial charge on any atom is 0.330 e. The first-order valence-corrected chi connectivity index (χ1v) is 22.7. The zero-order chi connectivity index (χ0) is 39.4. The number of esters is 2. The number of aliphatic hydroxyl groups is 3. The minimum atomic E-state index is -4.01. The highest BCUT2D eigenvalue weighted by Crippen LogP contribution is 2.41. The highest BCUT2D eigenvalue weighted by atomic mass is 31.2. The van der Waals surface area contributed by atoms with Crippen LogP contribution in [0, 0.1) is 0 Å². The Morgan fingerprint density at radius 2 is 1.04 bits per heavy atom. The molecule has 52 heavy (non-hydrogen) atoms. The normalized spacial score (nSPS) is 13.3. The lowest BCUT2D eigenvalue weighted by atomic mass is 10.1. The summed E-state index contributed by atoms with van der Waals surface area (Å²) < 4.78 is 28.6. The van der Waals surface area contributed by atoms with Crippen LogP contribution in [-0.2, 0) is 28.2 Å². The molecule has 0 saturated heterocycles. The van der Waals surface area contributed by atoms with Gasteiger partial charge >= 0.3 is 19.5 Å². The van der Waals surface area contributed by atoms with Crippen molar-refractivity contribution >= 4 is 19.5 Å². The summed E-state index contributed by atoms with van der Waals surface area (Å²) in [5.41, 5.74) is 0. The van der Waals surface area contributed by atoms with E-state index in [4.69, 9.17) is 29.3 Å². The van der Waals surface area contributed by atoms with Crippen LogP contribution < -0.4 is 0 Å². The molecular formula is C40H83NO10P+. The Morgan fingerprint density at radius 3 is 1.42 bits per heavy atom. The maximum absolute atomic E-state index is 12.4. The van der Waals surface area contributed by atoms with Gasteiger partial charge in [0, 0.05) is 19.3 Å². The minimum Gasteiger partial charge on any atom is -0.462 e. The van der Waals surface area contributed by atoms with Gasteiger partial charge in [-0.15, -0.1) is 0 Å². The van der Waals surface area contributed by atoms with Crippen molar-refractivity contribution in [1.82, 2.24) is 0 Å². The Hall–Kier alpha value is -1.07. The predicted octanol–water partition coefficient (Wildman–Crippen LogP) is 8.82. The largest absolute Gasteiger partial charge is 0.462 e. The molecule has 0 aliphatic heterocycles. The van der Waals surface area contributed by atoms with Gasteiger partial charge in [-0.25, -0.2) is 0 Å². The molecule has 0 saturated carbocycles. The van der Waals surface area contributed by atoms with Crippen LogP contribution in [0.5, 0.6) is 0 Å². The molecule has 2 atom stereocenters. The van der Waals surface area contributed by atoms with Crippen molar-refractivity contribution in [2.75, 3.05) is 53.2 Å². The number of hydrogen-bond donors (Lipinski definition) is 4. The molecule has 0 aromatic heterocycles. The molecule has 12 heteroatoms. The fourth-order valence-corrected chi connectivity index (χ4v) is 6.28. The first-order chi connectivity index (χ1) is 24.8. The maximum atomic E-state index is 12.4. The van der Waals surface area contributed by atoms with E-state index < -0.39 is 38.7 Å². The third-order valence-corrected chi connectivity index (χ3v) is 10.7. The summed E-state index contributed by atoms with van der Waals surface area (Å²) in [4.78, 5) is 34.4. The third kappa shape index (κ3) is 40.1. The summed E-state index contributed by atoms with van der Waals surface area (Å²) in [5.74, 6) is -0.809. The van der Waals surface area contributed by atoms with Gasteiger partial charge in [-0.2, -0.15) is 0 Å². The van der Waals surface area contributed by atoms with Crippen LogP contribution in [0.15, 0.2) is 0 Å². The molecule has 4 N–H and O–H groups in total. The van der Waals surface area contributed by atoms with Crippen LogP contribution in [0.1, 0.15) is 181 Å². The second kappa shape index (κ2) is 36.9. The summed E-state index contributed by atoms with van der Waals surface area (Å²) >= 11 is 0. The van der Waals surface area contributed by atoms with Gasteiger partial charge in [0.1, 0.15) is 6.61 Å². The van der Waals surface area contributed by atoms with Crippen LogP contribution in [0.25, 0.3) is 0 Å².